The van der Waals surface area contributed by atoms with Gasteiger partial charge in [0.2, 0.25) is 5.91 Å². The maximum atomic E-state index is 11.8. The summed E-state index contributed by atoms with van der Waals surface area (Å²) >= 11 is 0. The number of rotatable bonds is 5. The second-order valence-electron chi connectivity index (χ2n) is 4.74. The van der Waals surface area contributed by atoms with Gasteiger partial charge in [-0.3, -0.25) is 9.48 Å². The number of nitrogens with one attached hydrogen (secondary N) is 1. The van der Waals surface area contributed by atoms with Crippen molar-refractivity contribution in [3.63, 3.8) is 0 Å². The first-order valence-corrected chi connectivity index (χ1v) is 6.92. The lowest BCUT2D eigenvalue weighted by Gasteiger charge is -2.06. The quantitative estimate of drug-likeness (QED) is 0.776. The number of benzene rings is 1. The van der Waals surface area contributed by atoms with E-state index in [0.29, 0.717) is 6.54 Å². The molecule has 2 aromatic heterocycles. The van der Waals surface area contributed by atoms with Crippen LogP contribution in [-0.4, -0.2) is 25.7 Å². The molecule has 0 unspecified atom stereocenters. The normalized spacial score (nSPS) is 10.4. The molecular formula is C16H15N5O. The Morgan fingerprint density at radius 2 is 2.00 bits per heavy atom. The lowest BCUT2D eigenvalue weighted by Crippen LogP contribution is -2.27. The van der Waals surface area contributed by atoms with E-state index in [1.165, 1.54) is 6.33 Å². The molecule has 0 aliphatic carbocycles. The summed E-state index contributed by atoms with van der Waals surface area (Å²) < 4.78 is 1.57. The highest BCUT2D eigenvalue weighted by atomic mass is 16.2. The summed E-state index contributed by atoms with van der Waals surface area (Å²) in [5.74, 6) is -0.108. The molecule has 0 radical (unpaired) electrons. The first-order valence-electron chi connectivity index (χ1n) is 6.92. The van der Waals surface area contributed by atoms with Gasteiger partial charge < -0.3 is 5.32 Å². The molecule has 0 aliphatic rings. The lowest BCUT2D eigenvalue weighted by atomic mass is 10.1. The van der Waals surface area contributed by atoms with Gasteiger partial charge in [-0.25, -0.2) is 9.97 Å². The topological polar surface area (TPSA) is 72.7 Å². The van der Waals surface area contributed by atoms with Crippen LogP contribution in [0.1, 0.15) is 5.69 Å². The highest BCUT2D eigenvalue weighted by Gasteiger charge is 2.05. The van der Waals surface area contributed by atoms with E-state index in [0.717, 1.165) is 17.0 Å². The van der Waals surface area contributed by atoms with Crippen LogP contribution < -0.4 is 5.32 Å². The molecule has 22 heavy (non-hydrogen) atoms. The minimum absolute atomic E-state index is 0.108. The van der Waals surface area contributed by atoms with E-state index in [9.17, 15) is 4.79 Å². The van der Waals surface area contributed by atoms with Crippen molar-refractivity contribution in [2.75, 3.05) is 0 Å². The zero-order valence-corrected chi connectivity index (χ0v) is 11.9. The summed E-state index contributed by atoms with van der Waals surface area (Å²) in [5.41, 5.74) is 2.63. The van der Waals surface area contributed by atoms with Gasteiger partial charge in [0.15, 0.2) is 0 Å². The Kier molecular flexibility index (Phi) is 4.20. The van der Waals surface area contributed by atoms with E-state index < -0.39 is 0 Å². The zero-order valence-electron chi connectivity index (χ0n) is 11.9. The Hall–Kier alpha value is -3.02. The standard InChI is InChI=1S/C16H15N5O/c22-16(11-21-8-4-7-20-21)17-10-14-9-15(19-12-18-14)13-5-2-1-3-6-13/h1-9,12H,10-11H2,(H,17,22). The number of hydrogen-bond donors (Lipinski definition) is 1. The van der Waals surface area contributed by atoms with Crippen LogP contribution in [0.25, 0.3) is 11.3 Å². The zero-order chi connectivity index (χ0) is 15.2. The minimum atomic E-state index is -0.108. The predicted molar refractivity (Wildman–Crippen MR) is 81.5 cm³/mol. The first-order chi connectivity index (χ1) is 10.8. The number of amides is 1. The SMILES string of the molecule is O=C(Cn1cccn1)NCc1cc(-c2ccccc2)ncn1. The van der Waals surface area contributed by atoms with Crippen LogP contribution >= 0.6 is 0 Å². The molecule has 110 valence electrons. The molecule has 3 rings (SSSR count). The predicted octanol–water partition coefficient (Wildman–Crippen LogP) is 1.66. The molecule has 0 bridgehead atoms. The van der Waals surface area contributed by atoms with Gasteiger partial charge in [0.1, 0.15) is 12.9 Å². The Morgan fingerprint density at radius 3 is 2.77 bits per heavy atom. The third kappa shape index (κ3) is 3.54. The molecule has 0 spiro atoms. The van der Waals surface area contributed by atoms with Crippen LogP contribution in [0.2, 0.25) is 0 Å². The minimum Gasteiger partial charge on any atom is -0.349 e. The highest BCUT2D eigenvalue weighted by Crippen LogP contribution is 2.15. The van der Waals surface area contributed by atoms with Gasteiger partial charge in [-0.2, -0.15) is 5.10 Å². The molecular weight excluding hydrogens is 278 g/mol. The number of aromatic nitrogens is 4. The summed E-state index contributed by atoms with van der Waals surface area (Å²) in [6, 6.07) is 13.5. The van der Waals surface area contributed by atoms with E-state index in [1.807, 2.05) is 36.4 Å². The fourth-order valence-electron chi connectivity index (χ4n) is 2.05. The smallest absolute Gasteiger partial charge is 0.242 e. The van der Waals surface area contributed by atoms with Gasteiger partial charge in [0, 0.05) is 18.0 Å². The van der Waals surface area contributed by atoms with E-state index in [1.54, 1.807) is 23.1 Å². The molecule has 0 fully saturated rings. The second kappa shape index (κ2) is 6.62. The fourth-order valence-corrected chi connectivity index (χ4v) is 2.05. The molecule has 0 saturated heterocycles. The van der Waals surface area contributed by atoms with Crippen molar-refractivity contribution >= 4 is 5.91 Å². The molecule has 0 aliphatic heterocycles. The molecule has 3 aromatic rings. The Morgan fingerprint density at radius 1 is 1.14 bits per heavy atom. The maximum absolute atomic E-state index is 11.8. The van der Waals surface area contributed by atoms with Gasteiger partial charge in [-0.1, -0.05) is 30.3 Å². The lowest BCUT2D eigenvalue weighted by molar-refractivity contribution is -0.122. The molecule has 1 N–H and O–H groups in total. The van der Waals surface area contributed by atoms with Crippen molar-refractivity contribution in [2.45, 2.75) is 13.1 Å². The third-order valence-electron chi connectivity index (χ3n) is 3.12. The fraction of sp³-hybridized carbons (Fsp3) is 0.125. The number of nitrogens with zero attached hydrogens (tertiary/aromatic N) is 4. The number of carbonyl (C=O) groups excluding carboxylic acids is 1. The number of carbonyl (C=O) groups is 1. The van der Waals surface area contributed by atoms with Gasteiger partial charge in [-0.05, 0) is 12.1 Å². The van der Waals surface area contributed by atoms with Gasteiger partial charge in [-0.15, -0.1) is 0 Å². The highest BCUT2D eigenvalue weighted by molar-refractivity contribution is 5.75. The van der Waals surface area contributed by atoms with E-state index in [-0.39, 0.29) is 12.5 Å². The molecule has 0 saturated carbocycles. The van der Waals surface area contributed by atoms with Crippen molar-refractivity contribution < 1.29 is 4.79 Å². The van der Waals surface area contributed by atoms with Crippen molar-refractivity contribution in [3.05, 3.63) is 66.9 Å². The maximum Gasteiger partial charge on any atom is 0.242 e. The third-order valence-corrected chi connectivity index (χ3v) is 3.12. The summed E-state index contributed by atoms with van der Waals surface area (Å²) in [5, 5.41) is 6.82. The Balaban J connectivity index is 1.62. The largest absolute Gasteiger partial charge is 0.349 e. The van der Waals surface area contributed by atoms with Crippen molar-refractivity contribution in [2.24, 2.45) is 0 Å². The average Bonchev–Trinajstić information content (AvgIpc) is 3.07. The molecule has 1 aromatic carbocycles. The molecule has 0 atom stereocenters. The number of hydrogen-bond acceptors (Lipinski definition) is 4. The summed E-state index contributed by atoms with van der Waals surface area (Å²) in [6.07, 6.45) is 4.90. The molecule has 2 heterocycles. The monoisotopic (exact) mass is 293 g/mol. The molecule has 6 nitrogen and oxygen atoms in total. The van der Waals surface area contributed by atoms with Crippen LogP contribution in [0.4, 0.5) is 0 Å². The van der Waals surface area contributed by atoms with E-state index in [2.05, 4.69) is 20.4 Å². The Labute approximate surface area is 127 Å². The second-order valence-corrected chi connectivity index (χ2v) is 4.74. The molecule has 1 amide bonds. The van der Waals surface area contributed by atoms with Gasteiger partial charge in [0.05, 0.1) is 17.9 Å². The van der Waals surface area contributed by atoms with E-state index >= 15 is 0 Å². The van der Waals surface area contributed by atoms with Crippen LogP contribution in [0.15, 0.2) is 61.2 Å². The van der Waals surface area contributed by atoms with Gasteiger partial charge >= 0.3 is 0 Å². The van der Waals surface area contributed by atoms with Gasteiger partial charge in [0.25, 0.3) is 0 Å². The summed E-state index contributed by atoms with van der Waals surface area (Å²) in [7, 11) is 0. The van der Waals surface area contributed by atoms with Crippen LogP contribution in [0, 0.1) is 0 Å². The van der Waals surface area contributed by atoms with Crippen LogP contribution in [-0.2, 0) is 17.9 Å². The van der Waals surface area contributed by atoms with Crippen molar-refractivity contribution in [1.82, 2.24) is 25.1 Å². The Bertz CT molecular complexity index is 740. The van der Waals surface area contributed by atoms with Crippen molar-refractivity contribution in [1.29, 1.82) is 0 Å². The average molecular weight is 293 g/mol. The summed E-state index contributed by atoms with van der Waals surface area (Å²) in [4.78, 5) is 20.3. The molecule has 6 heteroatoms. The van der Waals surface area contributed by atoms with E-state index in [4.69, 9.17) is 0 Å². The van der Waals surface area contributed by atoms with Crippen molar-refractivity contribution in [3.8, 4) is 11.3 Å². The summed E-state index contributed by atoms with van der Waals surface area (Å²) in [6.45, 7) is 0.562. The first kappa shape index (κ1) is 13.9. The van der Waals surface area contributed by atoms with Crippen LogP contribution in [0.3, 0.4) is 0 Å². The van der Waals surface area contributed by atoms with Crippen LogP contribution in [0.5, 0.6) is 0 Å².